The molecule has 0 radical (unpaired) electrons. The standard InChI is InChI=1S/C23H26N6O2S/c1-16(2)29-15-19(17-6-4-7-18(14-17)28-11-5-12-28)22-20(8-10-24-23(22)29)26-32(30,31)21-9-13-27(3)25-21/h4,6-10,13-16H,5,11-12H2,1-3H3,(H,24,26). The fourth-order valence-electron chi connectivity index (χ4n) is 4.05. The maximum absolute atomic E-state index is 13.0. The van der Waals surface area contributed by atoms with Gasteiger partial charge < -0.3 is 9.47 Å². The Morgan fingerprint density at radius 1 is 1.12 bits per heavy atom. The van der Waals surface area contributed by atoms with Crippen LogP contribution in [0.15, 0.2) is 60.0 Å². The Hall–Kier alpha value is -3.33. The largest absolute Gasteiger partial charge is 0.371 e. The summed E-state index contributed by atoms with van der Waals surface area (Å²) in [7, 11) is -2.15. The highest BCUT2D eigenvalue weighted by atomic mass is 32.2. The van der Waals surface area contributed by atoms with Gasteiger partial charge in [-0.15, -0.1) is 0 Å². The molecule has 8 nitrogen and oxygen atoms in total. The predicted octanol–water partition coefficient (Wildman–Crippen LogP) is 4.03. The Morgan fingerprint density at radius 2 is 1.94 bits per heavy atom. The molecule has 0 amide bonds. The van der Waals surface area contributed by atoms with Gasteiger partial charge in [0.05, 0.1) is 11.1 Å². The molecule has 0 saturated carbocycles. The molecule has 1 N–H and O–H groups in total. The van der Waals surface area contributed by atoms with Gasteiger partial charge >= 0.3 is 0 Å². The maximum atomic E-state index is 13.0. The topological polar surface area (TPSA) is 85.0 Å². The smallest absolute Gasteiger partial charge is 0.281 e. The number of fused-ring (bicyclic) bond motifs is 1. The summed E-state index contributed by atoms with van der Waals surface area (Å²) in [5.41, 5.74) is 4.39. The zero-order valence-electron chi connectivity index (χ0n) is 18.4. The van der Waals surface area contributed by atoms with Crippen molar-refractivity contribution in [1.29, 1.82) is 0 Å². The first kappa shape index (κ1) is 20.6. The number of benzene rings is 1. The van der Waals surface area contributed by atoms with Gasteiger partial charge in [-0.2, -0.15) is 13.5 Å². The third-order valence-electron chi connectivity index (χ3n) is 5.86. The summed E-state index contributed by atoms with van der Waals surface area (Å²) in [6.07, 6.45) is 6.52. The lowest BCUT2D eigenvalue weighted by Crippen LogP contribution is -2.36. The second-order valence-corrected chi connectivity index (χ2v) is 10.1. The Morgan fingerprint density at radius 3 is 2.59 bits per heavy atom. The first-order valence-corrected chi connectivity index (χ1v) is 12.2. The van der Waals surface area contributed by atoms with Crippen LogP contribution in [0.25, 0.3) is 22.2 Å². The minimum Gasteiger partial charge on any atom is -0.371 e. The molecule has 4 aromatic rings. The Balaban J connectivity index is 1.67. The highest BCUT2D eigenvalue weighted by Gasteiger charge is 2.23. The van der Waals surface area contributed by atoms with Crippen molar-refractivity contribution in [1.82, 2.24) is 19.3 Å². The summed E-state index contributed by atoms with van der Waals surface area (Å²) in [6, 6.07) is 11.8. The van der Waals surface area contributed by atoms with Crippen molar-refractivity contribution in [3.05, 3.63) is 55.0 Å². The third kappa shape index (κ3) is 3.52. The van der Waals surface area contributed by atoms with Gasteiger partial charge in [0.2, 0.25) is 0 Å². The van der Waals surface area contributed by atoms with E-state index in [2.05, 4.69) is 68.6 Å². The van der Waals surface area contributed by atoms with Gasteiger partial charge in [0, 0.05) is 56.0 Å². The van der Waals surface area contributed by atoms with Crippen molar-refractivity contribution in [2.75, 3.05) is 22.7 Å². The van der Waals surface area contributed by atoms with Crippen LogP contribution in [0.4, 0.5) is 11.4 Å². The second-order valence-electron chi connectivity index (χ2n) is 8.42. The van der Waals surface area contributed by atoms with E-state index < -0.39 is 10.0 Å². The van der Waals surface area contributed by atoms with Gasteiger partial charge in [0.15, 0.2) is 5.03 Å². The fourth-order valence-corrected chi connectivity index (χ4v) is 5.09. The molecule has 0 aliphatic carbocycles. The van der Waals surface area contributed by atoms with E-state index in [4.69, 9.17) is 0 Å². The van der Waals surface area contributed by atoms with Crippen molar-refractivity contribution < 1.29 is 8.42 Å². The molecule has 9 heteroatoms. The number of nitrogens with one attached hydrogen (secondary N) is 1. The number of aryl methyl sites for hydroxylation is 1. The first-order valence-electron chi connectivity index (χ1n) is 10.7. The highest BCUT2D eigenvalue weighted by molar-refractivity contribution is 7.92. The van der Waals surface area contributed by atoms with Gasteiger partial charge in [0.25, 0.3) is 10.0 Å². The summed E-state index contributed by atoms with van der Waals surface area (Å²) < 4.78 is 32.3. The molecule has 0 spiro atoms. The minimum atomic E-state index is -3.84. The number of rotatable bonds is 6. The summed E-state index contributed by atoms with van der Waals surface area (Å²) in [5.74, 6) is 0. The Kier molecular flexibility index (Phi) is 4.93. The van der Waals surface area contributed by atoms with E-state index in [1.807, 2.05) is 0 Å². The van der Waals surface area contributed by atoms with E-state index in [1.165, 1.54) is 22.9 Å². The van der Waals surface area contributed by atoms with Crippen molar-refractivity contribution >= 4 is 32.4 Å². The zero-order chi connectivity index (χ0) is 22.5. The lowest BCUT2D eigenvalue weighted by atomic mass is 10.0. The number of pyridine rings is 1. The van der Waals surface area contributed by atoms with Crippen molar-refractivity contribution in [3.8, 4) is 11.1 Å². The molecule has 0 bridgehead atoms. The highest BCUT2D eigenvalue weighted by Crippen LogP contribution is 2.38. The molecule has 4 heterocycles. The van der Waals surface area contributed by atoms with Crippen LogP contribution in [0.3, 0.4) is 0 Å². The van der Waals surface area contributed by atoms with E-state index >= 15 is 0 Å². The summed E-state index contributed by atoms with van der Waals surface area (Å²) in [5, 5.41) is 4.82. The number of nitrogens with zero attached hydrogens (tertiary/aromatic N) is 5. The average molecular weight is 451 g/mol. The lowest BCUT2D eigenvalue weighted by Gasteiger charge is -2.33. The summed E-state index contributed by atoms with van der Waals surface area (Å²) >= 11 is 0. The van der Waals surface area contributed by atoms with Gasteiger partial charge in [0.1, 0.15) is 5.65 Å². The van der Waals surface area contributed by atoms with Gasteiger partial charge in [-0.3, -0.25) is 9.40 Å². The molecule has 5 rings (SSSR count). The number of hydrogen-bond donors (Lipinski definition) is 1. The molecule has 1 saturated heterocycles. The van der Waals surface area contributed by atoms with Crippen LogP contribution in [0.5, 0.6) is 0 Å². The number of hydrogen-bond acceptors (Lipinski definition) is 5. The molecule has 3 aromatic heterocycles. The SMILES string of the molecule is CC(C)n1cc(-c2cccc(N3CCC3)c2)c2c(NS(=O)(=O)c3ccn(C)n3)ccnc21. The van der Waals surface area contributed by atoms with Gasteiger partial charge in [-0.25, -0.2) is 4.98 Å². The fraction of sp³-hybridized carbons (Fsp3) is 0.304. The van der Waals surface area contributed by atoms with Crippen LogP contribution in [0.2, 0.25) is 0 Å². The van der Waals surface area contributed by atoms with E-state index in [0.29, 0.717) is 5.69 Å². The monoisotopic (exact) mass is 450 g/mol. The van der Waals surface area contributed by atoms with E-state index in [1.54, 1.807) is 25.5 Å². The Labute approximate surface area is 187 Å². The Bertz CT molecular complexity index is 1400. The van der Waals surface area contributed by atoms with Crippen molar-refractivity contribution in [2.24, 2.45) is 7.05 Å². The molecule has 0 unspecified atom stereocenters. The zero-order valence-corrected chi connectivity index (χ0v) is 19.2. The first-order chi connectivity index (χ1) is 15.3. The minimum absolute atomic E-state index is 0.0189. The molecule has 32 heavy (non-hydrogen) atoms. The van der Waals surface area contributed by atoms with Crippen LogP contribution in [0.1, 0.15) is 26.3 Å². The normalized spacial score (nSPS) is 14.2. The maximum Gasteiger partial charge on any atom is 0.281 e. The molecule has 1 aliphatic heterocycles. The van der Waals surface area contributed by atoms with Gasteiger partial charge in [-0.05, 0) is 50.1 Å². The van der Waals surface area contributed by atoms with E-state index in [9.17, 15) is 8.42 Å². The third-order valence-corrected chi connectivity index (χ3v) is 7.11. The average Bonchev–Trinajstić information content (AvgIpc) is 3.32. The number of sulfonamides is 1. The van der Waals surface area contributed by atoms with Crippen LogP contribution in [0, 0.1) is 0 Å². The second kappa shape index (κ2) is 7.67. The molecular formula is C23H26N6O2S. The van der Waals surface area contributed by atoms with Crippen LogP contribution in [-0.4, -0.2) is 40.8 Å². The number of aromatic nitrogens is 4. The molecule has 0 atom stereocenters. The number of anilines is 2. The summed E-state index contributed by atoms with van der Waals surface area (Å²) in [4.78, 5) is 6.94. The molecule has 166 valence electrons. The van der Waals surface area contributed by atoms with Gasteiger partial charge in [-0.1, -0.05) is 12.1 Å². The van der Waals surface area contributed by atoms with E-state index in [-0.39, 0.29) is 11.1 Å². The van der Waals surface area contributed by atoms with Crippen molar-refractivity contribution in [3.63, 3.8) is 0 Å². The van der Waals surface area contributed by atoms with Crippen LogP contribution < -0.4 is 9.62 Å². The van der Waals surface area contributed by atoms with Crippen molar-refractivity contribution in [2.45, 2.75) is 31.3 Å². The quantitative estimate of drug-likeness (QED) is 0.479. The molecule has 1 aliphatic rings. The molecule has 1 fully saturated rings. The van der Waals surface area contributed by atoms with Crippen LogP contribution in [-0.2, 0) is 17.1 Å². The molecular weight excluding hydrogens is 424 g/mol. The van der Waals surface area contributed by atoms with E-state index in [0.717, 1.165) is 35.2 Å². The van der Waals surface area contributed by atoms with Crippen LogP contribution >= 0.6 is 0 Å². The molecule has 1 aromatic carbocycles. The predicted molar refractivity (Wildman–Crippen MR) is 126 cm³/mol. The summed E-state index contributed by atoms with van der Waals surface area (Å²) in [6.45, 7) is 6.31. The lowest BCUT2D eigenvalue weighted by molar-refractivity contribution is 0.593.